The van der Waals surface area contributed by atoms with Gasteiger partial charge in [-0.05, 0) is 29.1 Å². The number of carbonyl (C=O) groups is 1. The summed E-state index contributed by atoms with van der Waals surface area (Å²) in [6, 6.07) is 12.8. The van der Waals surface area contributed by atoms with Gasteiger partial charge in [-0.15, -0.1) is 0 Å². The fraction of sp³-hybridized carbons (Fsp3) is 0.231. The van der Waals surface area contributed by atoms with E-state index in [0.717, 1.165) is 22.7 Å². The van der Waals surface area contributed by atoms with E-state index in [4.69, 9.17) is 4.74 Å². The third-order valence-corrected chi connectivity index (χ3v) is 7.41. The molecule has 36 heavy (non-hydrogen) atoms. The van der Waals surface area contributed by atoms with Crippen molar-refractivity contribution in [1.82, 2.24) is 14.1 Å². The lowest BCUT2D eigenvalue weighted by molar-refractivity contribution is -0.0200. The first-order valence-electron chi connectivity index (χ1n) is 11.6. The second kappa shape index (κ2) is 7.41. The van der Waals surface area contributed by atoms with Crippen LogP contribution in [0.15, 0.2) is 59.5 Å². The van der Waals surface area contributed by atoms with Gasteiger partial charge in [-0.25, -0.2) is 8.78 Å². The van der Waals surface area contributed by atoms with E-state index in [1.54, 1.807) is 11.0 Å². The first-order valence-corrected chi connectivity index (χ1v) is 11.6. The van der Waals surface area contributed by atoms with E-state index in [2.05, 4.69) is 0 Å². The summed E-state index contributed by atoms with van der Waals surface area (Å²) in [5.74, 6) is -3.00. The molecular formula is C26H20F2N4O4. The van der Waals surface area contributed by atoms with Crippen molar-refractivity contribution in [2.24, 2.45) is 0 Å². The second-order valence-electron chi connectivity index (χ2n) is 9.20. The molecule has 1 amide bonds. The SMILES string of the molecule is O=C1c2c(O)c(=O)ccn2N([C@H]2c3ccc(F)c(F)c3Cn3c2cc2ccccc23)[C@@H]2COCCN12. The Balaban J connectivity index is 1.56. The molecule has 8 nitrogen and oxygen atoms in total. The lowest BCUT2D eigenvalue weighted by Crippen LogP contribution is -2.66. The highest BCUT2D eigenvalue weighted by Gasteiger charge is 2.47. The van der Waals surface area contributed by atoms with Crippen molar-refractivity contribution in [1.29, 1.82) is 0 Å². The molecule has 1 N–H and O–H groups in total. The largest absolute Gasteiger partial charge is 0.502 e. The number of ether oxygens (including phenoxy) is 1. The molecule has 3 aliphatic heterocycles. The van der Waals surface area contributed by atoms with Crippen LogP contribution < -0.4 is 10.4 Å². The highest BCUT2D eigenvalue weighted by Crippen LogP contribution is 2.43. The minimum absolute atomic E-state index is 0.137. The van der Waals surface area contributed by atoms with Crippen LogP contribution in [0.3, 0.4) is 0 Å². The van der Waals surface area contributed by atoms with Crippen LogP contribution in [0, 0.1) is 11.6 Å². The average Bonchev–Trinajstić information content (AvgIpc) is 3.26. The van der Waals surface area contributed by atoms with E-state index < -0.39 is 40.9 Å². The van der Waals surface area contributed by atoms with Gasteiger partial charge in [0.25, 0.3) is 5.91 Å². The normalized spacial score (nSPS) is 20.7. The van der Waals surface area contributed by atoms with Crippen molar-refractivity contribution in [3.8, 4) is 5.75 Å². The zero-order valence-corrected chi connectivity index (χ0v) is 18.9. The topological polar surface area (TPSA) is 79.9 Å². The summed E-state index contributed by atoms with van der Waals surface area (Å²) in [5, 5.41) is 13.4. The summed E-state index contributed by atoms with van der Waals surface area (Å²) in [6.45, 7) is 0.851. The number of aromatic hydroxyl groups is 1. The third kappa shape index (κ3) is 2.70. The molecule has 1 saturated heterocycles. The maximum Gasteiger partial charge on any atom is 0.278 e. The summed E-state index contributed by atoms with van der Waals surface area (Å²) >= 11 is 0. The van der Waals surface area contributed by atoms with Crippen LogP contribution in [0.25, 0.3) is 10.9 Å². The number of pyridine rings is 1. The zero-order chi connectivity index (χ0) is 24.7. The Kier molecular flexibility index (Phi) is 4.35. The maximum absolute atomic E-state index is 15.2. The van der Waals surface area contributed by atoms with E-state index in [0.29, 0.717) is 12.2 Å². The van der Waals surface area contributed by atoms with Gasteiger partial charge in [-0.2, -0.15) is 0 Å². The van der Waals surface area contributed by atoms with Gasteiger partial charge in [0.05, 0.1) is 19.8 Å². The molecule has 10 heteroatoms. The summed E-state index contributed by atoms with van der Waals surface area (Å²) in [7, 11) is 0. The molecule has 7 rings (SSSR count). The quantitative estimate of drug-likeness (QED) is 0.444. The summed E-state index contributed by atoms with van der Waals surface area (Å²) in [4.78, 5) is 27.3. The predicted octanol–water partition coefficient (Wildman–Crippen LogP) is 2.69. The van der Waals surface area contributed by atoms with Crippen molar-refractivity contribution < 1.29 is 23.4 Å². The molecule has 0 radical (unpaired) electrons. The van der Waals surface area contributed by atoms with Gasteiger partial charge in [0.1, 0.15) is 12.2 Å². The molecular weight excluding hydrogens is 470 g/mol. The van der Waals surface area contributed by atoms with E-state index >= 15 is 4.39 Å². The molecule has 0 spiro atoms. The van der Waals surface area contributed by atoms with E-state index in [-0.39, 0.29) is 31.0 Å². The van der Waals surface area contributed by atoms with Gasteiger partial charge in [-0.3, -0.25) is 19.3 Å². The molecule has 4 aromatic rings. The van der Waals surface area contributed by atoms with Crippen molar-refractivity contribution in [3.05, 3.63) is 99.1 Å². The maximum atomic E-state index is 15.2. The fourth-order valence-electron chi connectivity index (χ4n) is 5.79. The van der Waals surface area contributed by atoms with Gasteiger partial charge < -0.3 is 19.3 Å². The second-order valence-corrected chi connectivity index (χ2v) is 9.20. The molecule has 0 aliphatic carbocycles. The molecule has 2 aromatic heterocycles. The summed E-state index contributed by atoms with van der Waals surface area (Å²) in [6.07, 6.45) is 0.818. The first-order chi connectivity index (χ1) is 17.5. The number of benzene rings is 2. The lowest BCUT2D eigenvalue weighted by Gasteiger charge is -2.52. The first kappa shape index (κ1) is 21.1. The minimum atomic E-state index is -0.939. The number of para-hydroxylation sites is 1. The van der Waals surface area contributed by atoms with Gasteiger partial charge in [-0.1, -0.05) is 24.3 Å². The van der Waals surface area contributed by atoms with Crippen LogP contribution in [-0.2, 0) is 11.3 Å². The highest BCUT2D eigenvalue weighted by atomic mass is 19.2. The van der Waals surface area contributed by atoms with Gasteiger partial charge in [0.15, 0.2) is 23.1 Å². The average molecular weight is 490 g/mol. The third-order valence-electron chi connectivity index (χ3n) is 7.41. The van der Waals surface area contributed by atoms with E-state index in [1.165, 1.54) is 16.9 Å². The molecule has 0 bridgehead atoms. The molecule has 5 heterocycles. The number of morpholine rings is 1. The zero-order valence-electron chi connectivity index (χ0n) is 18.9. The van der Waals surface area contributed by atoms with Gasteiger partial charge in [0, 0.05) is 35.6 Å². The number of rotatable bonds is 1. The lowest BCUT2D eigenvalue weighted by atomic mass is 9.92. The summed E-state index contributed by atoms with van der Waals surface area (Å²) < 4.78 is 38.8. The van der Waals surface area contributed by atoms with Crippen molar-refractivity contribution >= 4 is 16.8 Å². The Labute approximate surface area is 203 Å². The van der Waals surface area contributed by atoms with Crippen LogP contribution >= 0.6 is 0 Å². The molecule has 182 valence electrons. The van der Waals surface area contributed by atoms with Crippen molar-refractivity contribution in [2.45, 2.75) is 18.8 Å². The highest BCUT2D eigenvalue weighted by molar-refractivity contribution is 5.96. The Morgan fingerprint density at radius 3 is 2.75 bits per heavy atom. The number of aromatic nitrogens is 2. The molecule has 0 saturated carbocycles. The molecule has 2 atom stereocenters. The number of amides is 1. The van der Waals surface area contributed by atoms with Crippen LogP contribution in [0.4, 0.5) is 8.78 Å². The van der Waals surface area contributed by atoms with Crippen molar-refractivity contribution in [2.75, 3.05) is 24.8 Å². The smallest absolute Gasteiger partial charge is 0.278 e. The Hall–Kier alpha value is -4.18. The number of halogens is 2. The van der Waals surface area contributed by atoms with Crippen LogP contribution in [0.2, 0.25) is 0 Å². The molecule has 3 aliphatic rings. The number of carbonyl (C=O) groups excluding carboxylic acids is 1. The molecule has 2 aromatic carbocycles. The molecule has 0 unspecified atom stereocenters. The monoisotopic (exact) mass is 490 g/mol. The number of fused-ring (bicyclic) bond motifs is 6. The molecule has 1 fully saturated rings. The van der Waals surface area contributed by atoms with E-state index in [1.807, 2.05) is 39.9 Å². The standard InChI is InChI=1S/C26H20F2N4O4/c27-17-6-5-15-16(22(17)28)12-30-18-4-2-1-3-14(18)11-19(30)23(15)32-21-13-36-10-9-29(21)26(35)24-25(34)20(33)7-8-31(24)32/h1-8,11,21,23,34H,9-10,12-13H2/t21-,23+/m1/s1. The predicted molar refractivity (Wildman–Crippen MR) is 125 cm³/mol. The van der Waals surface area contributed by atoms with Crippen LogP contribution in [0.5, 0.6) is 5.75 Å². The fourth-order valence-corrected chi connectivity index (χ4v) is 5.79. The number of hydrogen-bond acceptors (Lipinski definition) is 5. The van der Waals surface area contributed by atoms with Crippen molar-refractivity contribution in [3.63, 3.8) is 0 Å². The Bertz CT molecular complexity index is 1650. The Morgan fingerprint density at radius 2 is 1.89 bits per heavy atom. The summed E-state index contributed by atoms with van der Waals surface area (Å²) in [5.41, 5.74) is 1.57. The number of hydrogen-bond donors (Lipinski definition) is 1. The van der Waals surface area contributed by atoms with Crippen LogP contribution in [-0.4, -0.2) is 51.1 Å². The minimum Gasteiger partial charge on any atom is -0.502 e. The van der Waals surface area contributed by atoms with Gasteiger partial charge >= 0.3 is 0 Å². The van der Waals surface area contributed by atoms with Crippen LogP contribution in [0.1, 0.15) is 33.4 Å². The van der Waals surface area contributed by atoms with Gasteiger partial charge in [0.2, 0.25) is 5.43 Å². The van der Waals surface area contributed by atoms with E-state index in [9.17, 15) is 19.1 Å². The number of nitrogens with zero attached hydrogens (tertiary/aromatic N) is 4. The Morgan fingerprint density at radius 1 is 1.06 bits per heavy atom.